The molecule has 0 heterocycles. The second-order valence-corrected chi connectivity index (χ2v) is 6.06. The van der Waals surface area contributed by atoms with Crippen molar-refractivity contribution in [1.29, 1.82) is 0 Å². The zero-order valence-corrected chi connectivity index (χ0v) is 19.4. The highest BCUT2D eigenvalue weighted by Gasteiger charge is 2.29. The van der Waals surface area contributed by atoms with Crippen LogP contribution in [0.25, 0.3) is 0 Å². The molecule has 0 saturated carbocycles. The van der Waals surface area contributed by atoms with E-state index < -0.39 is 12.8 Å². The van der Waals surface area contributed by atoms with Gasteiger partial charge in [0.25, 0.3) is 0 Å². The van der Waals surface area contributed by atoms with Crippen LogP contribution < -0.4 is 20.1 Å². The third kappa shape index (κ3) is 12.7. The summed E-state index contributed by atoms with van der Waals surface area (Å²) < 4.78 is 52.3. The molecular weight excluding hydrogens is 502 g/mol. The fraction of sp³-hybridized carbons (Fsp3) is 0.632. The zero-order chi connectivity index (χ0) is 20.8. The van der Waals surface area contributed by atoms with E-state index in [2.05, 4.69) is 22.5 Å². The van der Waals surface area contributed by atoms with Crippen molar-refractivity contribution >= 4 is 29.9 Å². The molecule has 0 fully saturated rings. The Morgan fingerprint density at radius 1 is 1.10 bits per heavy atom. The van der Waals surface area contributed by atoms with E-state index in [9.17, 15) is 13.2 Å². The molecule has 1 aromatic rings. The Bertz CT molecular complexity index is 602. The van der Waals surface area contributed by atoms with Crippen molar-refractivity contribution < 1.29 is 27.4 Å². The van der Waals surface area contributed by atoms with E-state index >= 15 is 0 Å². The van der Waals surface area contributed by atoms with Gasteiger partial charge in [-0.1, -0.05) is 19.4 Å². The third-order valence-corrected chi connectivity index (χ3v) is 3.70. The number of rotatable bonds is 12. The van der Waals surface area contributed by atoms with Crippen LogP contribution in [-0.4, -0.2) is 52.7 Å². The average Bonchev–Trinajstić information content (AvgIpc) is 2.67. The van der Waals surface area contributed by atoms with Gasteiger partial charge >= 0.3 is 6.18 Å². The van der Waals surface area contributed by atoms with Gasteiger partial charge in [-0.25, -0.2) is 0 Å². The van der Waals surface area contributed by atoms with Gasteiger partial charge in [-0.15, -0.1) is 24.0 Å². The minimum atomic E-state index is -4.40. The number of nitrogens with one attached hydrogen (secondary N) is 2. The molecule has 0 aliphatic carbocycles. The normalized spacial score (nSPS) is 11.6. The lowest BCUT2D eigenvalue weighted by atomic mass is 10.2. The fourth-order valence-electron chi connectivity index (χ4n) is 2.24. The molecule has 0 aliphatic rings. The second kappa shape index (κ2) is 15.4. The van der Waals surface area contributed by atoms with E-state index in [4.69, 9.17) is 14.2 Å². The Morgan fingerprint density at radius 2 is 1.83 bits per heavy atom. The van der Waals surface area contributed by atoms with Crippen molar-refractivity contribution in [3.63, 3.8) is 0 Å². The molecule has 6 nitrogen and oxygen atoms in total. The van der Waals surface area contributed by atoms with Crippen LogP contribution in [-0.2, 0) is 11.3 Å². The second-order valence-electron chi connectivity index (χ2n) is 6.06. The highest BCUT2D eigenvalue weighted by molar-refractivity contribution is 14.0. The summed E-state index contributed by atoms with van der Waals surface area (Å²) in [5, 5.41) is 6.33. The monoisotopic (exact) mass is 533 g/mol. The summed E-state index contributed by atoms with van der Waals surface area (Å²) in [6.07, 6.45) is -1.34. The van der Waals surface area contributed by atoms with Gasteiger partial charge in [0, 0.05) is 33.4 Å². The lowest BCUT2D eigenvalue weighted by Gasteiger charge is -2.15. The molecule has 0 spiro atoms. The summed E-state index contributed by atoms with van der Waals surface area (Å²) in [6, 6.07) is 4.77. The molecule has 29 heavy (non-hydrogen) atoms. The molecule has 1 aromatic carbocycles. The zero-order valence-electron chi connectivity index (χ0n) is 17.1. The summed E-state index contributed by atoms with van der Waals surface area (Å²) in [4.78, 5) is 4.14. The Hall–Kier alpha value is -1.43. The van der Waals surface area contributed by atoms with Crippen molar-refractivity contribution in [2.45, 2.75) is 38.9 Å². The quantitative estimate of drug-likeness (QED) is 0.183. The van der Waals surface area contributed by atoms with E-state index in [1.165, 1.54) is 13.2 Å². The van der Waals surface area contributed by atoms with Gasteiger partial charge in [0.2, 0.25) is 0 Å². The van der Waals surface area contributed by atoms with Crippen LogP contribution in [0.15, 0.2) is 23.2 Å². The lowest BCUT2D eigenvalue weighted by molar-refractivity contribution is -0.153. The van der Waals surface area contributed by atoms with Crippen LogP contribution in [0.4, 0.5) is 13.2 Å². The maximum absolute atomic E-state index is 12.3. The predicted octanol–water partition coefficient (Wildman–Crippen LogP) is 4.13. The van der Waals surface area contributed by atoms with Crippen LogP contribution >= 0.6 is 24.0 Å². The number of ether oxygens (including phenoxy) is 3. The molecule has 1 rings (SSSR count). The SMILES string of the molecule is CCCCOCCCNC(=NC)NCc1ccc(OCC(F)(F)F)c(OC)c1.I. The van der Waals surface area contributed by atoms with Gasteiger partial charge in [0.15, 0.2) is 24.1 Å². The van der Waals surface area contributed by atoms with Crippen LogP contribution in [0.3, 0.4) is 0 Å². The fourth-order valence-corrected chi connectivity index (χ4v) is 2.24. The van der Waals surface area contributed by atoms with Gasteiger partial charge in [-0.05, 0) is 30.5 Å². The number of halogens is 4. The number of methoxy groups -OCH3 is 1. The molecule has 2 N–H and O–H groups in total. The molecule has 0 saturated heterocycles. The van der Waals surface area contributed by atoms with Gasteiger partial charge in [-0.2, -0.15) is 13.2 Å². The molecule has 0 amide bonds. The van der Waals surface area contributed by atoms with Crippen LogP contribution in [0.5, 0.6) is 11.5 Å². The first kappa shape index (κ1) is 27.6. The minimum absolute atomic E-state index is 0. The van der Waals surface area contributed by atoms with E-state index in [-0.39, 0.29) is 35.5 Å². The summed E-state index contributed by atoms with van der Waals surface area (Å²) in [6.45, 7) is 3.40. The maximum Gasteiger partial charge on any atom is 0.422 e. The number of unbranched alkanes of at least 4 members (excludes halogenated alkanes) is 1. The summed E-state index contributed by atoms with van der Waals surface area (Å²) in [5.41, 5.74) is 0.821. The van der Waals surface area contributed by atoms with E-state index in [1.54, 1.807) is 19.2 Å². The van der Waals surface area contributed by atoms with E-state index in [0.29, 0.717) is 19.1 Å². The maximum atomic E-state index is 12.3. The Morgan fingerprint density at radius 3 is 2.45 bits per heavy atom. The van der Waals surface area contributed by atoms with Gasteiger partial charge in [-0.3, -0.25) is 4.99 Å². The third-order valence-electron chi connectivity index (χ3n) is 3.70. The molecule has 0 aliphatic heterocycles. The minimum Gasteiger partial charge on any atom is -0.493 e. The summed E-state index contributed by atoms with van der Waals surface area (Å²) in [5.74, 6) is 0.926. The molecule has 0 aromatic heterocycles. The molecule has 10 heteroatoms. The standard InChI is InChI=1S/C19H30F3N3O3.HI/c1-4-5-10-27-11-6-9-24-18(23-2)25-13-15-7-8-16(17(12-15)26-3)28-14-19(20,21)22;/h7-8,12H,4-6,9-11,13-14H2,1-3H3,(H2,23,24,25);1H. The van der Waals surface area contributed by atoms with Crippen molar-refractivity contribution in [3.8, 4) is 11.5 Å². The van der Waals surface area contributed by atoms with Crippen molar-refractivity contribution in [1.82, 2.24) is 10.6 Å². The average molecular weight is 533 g/mol. The van der Waals surface area contributed by atoms with Crippen molar-refractivity contribution in [2.24, 2.45) is 4.99 Å². The first-order valence-corrected chi connectivity index (χ1v) is 9.28. The van der Waals surface area contributed by atoms with Gasteiger partial charge in [0.1, 0.15) is 0 Å². The molecule has 168 valence electrons. The molecule has 0 unspecified atom stereocenters. The van der Waals surface area contributed by atoms with Crippen molar-refractivity contribution in [2.75, 3.05) is 40.5 Å². The van der Waals surface area contributed by atoms with Gasteiger partial charge < -0.3 is 24.8 Å². The highest BCUT2D eigenvalue weighted by Crippen LogP contribution is 2.29. The first-order valence-electron chi connectivity index (χ1n) is 9.28. The lowest BCUT2D eigenvalue weighted by Crippen LogP contribution is -2.37. The Kier molecular flexibility index (Phi) is 14.7. The molecule has 0 radical (unpaired) electrons. The topological polar surface area (TPSA) is 64.1 Å². The largest absolute Gasteiger partial charge is 0.493 e. The number of aliphatic imine (C=N–C) groups is 1. The smallest absolute Gasteiger partial charge is 0.422 e. The number of guanidine groups is 1. The number of alkyl halides is 3. The number of hydrogen-bond donors (Lipinski definition) is 2. The summed E-state index contributed by atoms with van der Waals surface area (Å²) >= 11 is 0. The predicted molar refractivity (Wildman–Crippen MR) is 119 cm³/mol. The molecule has 0 atom stereocenters. The van der Waals surface area contributed by atoms with E-state index in [0.717, 1.165) is 38.0 Å². The van der Waals surface area contributed by atoms with Crippen LogP contribution in [0, 0.1) is 0 Å². The number of benzene rings is 1. The van der Waals surface area contributed by atoms with Crippen LogP contribution in [0.1, 0.15) is 31.7 Å². The first-order chi connectivity index (χ1) is 13.4. The molecule has 0 bridgehead atoms. The summed E-state index contributed by atoms with van der Waals surface area (Å²) in [7, 11) is 3.05. The highest BCUT2D eigenvalue weighted by atomic mass is 127. The number of hydrogen-bond acceptors (Lipinski definition) is 4. The molecular formula is C19H31F3IN3O3. The van der Waals surface area contributed by atoms with E-state index in [1.807, 2.05) is 0 Å². The Labute approximate surface area is 187 Å². The Balaban J connectivity index is 0.00000784. The number of nitrogens with zero attached hydrogens (tertiary/aromatic N) is 1. The van der Waals surface area contributed by atoms with Gasteiger partial charge in [0.05, 0.1) is 7.11 Å². The van der Waals surface area contributed by atoms with Crippen LogP contribution in [0.2, 0.25) is 0 Å². The van der Waals surface area contributed by atoms with Crippen molar-refractivity contribution in [3.05, 3.63) is 23.8 Å².